The number of H-pyrrole nitrogens is 1. The topological polar surface area (TPSA) is 91.4 Å². The molecule has 0 bridgehead atoms. The number of aromatic amines is 1. The molecule has 1 heterocycles. The molecule has 6 heteroatoms. The van der Waals surface area contributed by atoms with Crippen molar-refractivity contribution in [3.05, 3.63) is 36.0 Å². The predicted molar refractivity (Wildman–Crippen MR) is 82.1 cm³/mol. The van der Waals surface area contributed by atoms with Gasteiger partial charge >= 0.3 is 11.9 Å². The van der Waals surface area contributed by atoms with E-state index in [0.29, 0.717) is 0 Å². The molecule has 0 aliphatic carbocycles. The highest BCUT2D eigenvalue weighted by Gasteiger charge is 2.27. The van der Waals surface area contributed by atoms with Crippen molar-refractivity contribution in [2.75, 3.05) is 0 Å². The van der Waals surface area contributed by atoms with Crippen LogP contribution in [0.4, 0.5) is 0 Å². The number of benzene rings is 1. The Balaban J connectivity index is 2.09. The van der Waals surface area contributed by atoms with E-state index in [4.69, 9.17) is 4.84 Å². The SMILES string of the molecule is CC(C)(C)C(=O)ON[C@@H](Cc1c[nH]c2ccccc12)C(=O)O. The Kier molecular flexibility index (Phi) is 4.51. The van der Waals surface area contributed by atoms with Gasteiger partial charge in [0.1, 0.15) is 6.04 Å². The number of para-hydroxylation sites is 1. The average Bonchev–Trinajstić information content (AvgIpc) is 2.85. The van der Waals surface area contributed by atoms with Gasteiger partial charge in [-0.1, -0.05) is 18.2 Å². The third-order valence-corrected chi connectivity index (χ3v) is 3.30. The van der Waals surface area contributed by atoms with E-state index in [-0.39, 0.29) is 6.42 Å². The van der Waals surface area contributed by atoms with Crippen molar-refractivity contribution in [2.24, 2.45) is 5.41 Å². The molecule has 0 saturated carbocycles. The molecule has 1 aromatic heterocycles. The standard InChI is InChI=1S/C16H20N2O4/c1-16(2,3)15(21)22-18-13(14(19)20)8-10-9-17-12-7-5-4-6-11(10)12/h4-7,9,13,17-18H,8H2,1-3H3,(H,19,20)/t13-/m0/s1. The van der Waals surface area contributed by atoms with E-state index in [1.54, 1.807) is 27.0 Å². The monoisotopic (exact) mass is 304 g/mol. The lowest BCUT2D eigenvalue weighted by atomic mass is 9.98. The van der Waals surface area contributed by atoms with Gasteiger partial charge in [0.2, 0.25) is 0 Å². The zero-order chi connectivity index (χ0) is 16.3. The number of aliphatic carboxylic acids is 1. The minimum absolute atomic E-state index is 0.205. The molecule has 3 N–H and O–H groups in total. The van der Waals surface area contributed by atoms with Gasteiger partial charge in [-0.15, -0.1) is 5.48 Å². The fraction of sp³-hybridized carbons (Fsp3) is 0.375. The summed E-state index contributed by atoms with van der Waals surface area (Å²) in [6.45, 7) is 5.10. The summed E-state index contributed by atoms with van der Waals surface area (Å²) in [4.78, 5) is 31.1. The van der Waals surface area contributed by atoms with Crippen LogP contribution in [0.3, 0.4) is 0 Å². The summed E-state index contributed by atoms with van der Waals surface area (Å²) < 4.78 is 0. The van der Waals surface area contributed by atoms with Crippen LogP contribution in [0.1, 0.15) is 26.3 Å². The molecular formula is C16H20N2O4. The van der Waals surface area contributed by atoms with E-state index in [1.807, 2.05) is 24.3 Å². The molecule has 1 aromatic carbocycles. The number of rotatable bonds is 5. The van der Waals surface area contributed by atoms with Crippen molar-refractivity contribution in [1.82, 2.24) is 10.5 Å². The maximum atomic E-state index is 11.7. The maximum absolute atomic E-state index is 11.7. The van der Waals surface area contributed by atoms with Crippen LogP contribution >= 0.6 is 0 Å². The number of carboxylic acid groups (broad SMARTS) is 1. The summed E-state index contributed by atoms with van der Waals surface area (Å²) in [5.41, 5.74) is 3.46. The van der Waals surface area contributed by atoms with Crippen molar-refractivity contribution in [3.8, 4) is 0 Å². The fourth-order valence-electron chi connectivity index (χ4n) is 1.98. The van der Waals surface area contributed by atoms with E-state index in [2.05, 4.69) is 10.5 Å². The first kappa shape index (κ1) is 16.0. The molecule has 0 spiro atoms. The van der Waals surface area contributed by atoms with E-state index in [9.17, 15) is 14.7 Å². The molecule has 0 unspecified atom stereocenters. The van der Waals surface area contributed by atoms with Gasteiger partial charge in [-0.25, -0.2) is 4.79 Å². The number of carbonyl (C=O) groups excluding carboxylic acids is 1. The van der Waals surface area contributed by atoms with Crippen LogP contribution in [0.25, 0.3) is 10.9 Å². The molecule has 118 valence electrons. The Hall–Kier alpha value is -2.34. The number of carboxylic acids is 1. The van der Waals surface area contributed by atoms with Crippen molar-refractivity contribution >= 4 is 22.8 Å². The first-order valence-electron chi connectivity index (χ1n) is 7.03. The molecule has 1 atom stereocenters. The molecule has 6 nitrogen and oxygen atoms in total. The minimum atomic E-state index is -1.08. The molecule has 0 amide bonds. The van der Waals surface area contributed by atoms with Crippen LogP contribution in [-0.2, 0) is 20.8 Å². The number of hydrogen-bond acceptors (Lipinski definition) is 4. The van der Waals surface area contributed by atoms with Gasteiger partial charge in [-0.3, -0.25) is 4.79 Å². The van der Waals surface area contributed by atoms with Gasteiger partial charge in [-0.05, 0) is 32.4 Å². The molecule has 0 aliphatic heterocycles. The Labute approximate surface area is 128 Å². The van der Waals surface area contributed by atoms with Crippen LogP contribution in [0, 0.1) is 5.41 Å². The highest BCUT2D eigenvalue weighted by molar-refractivity contribution is 5.84. The summed E-state index contributed by atoms with van der Waals surface area (Å²) in [7, 11) is 0. The highest BCUT2D eigenvalue weighted by atomic mass is 16.7. The number of hydrogen-bond donors (Lipinski definition) is 3. The molecule has 0 aliphatic rings. The summed E-state index contributed by atoms with van der Waals surface area (Å²) in [5.74, 6) is -1.58. The van der Waals surface area contributed by atoms with Crippen molar-refractivity contribution in [1.29, 1.82) is 0 Å². The van der Waals surface area contributed by atoms with Crippen molar-refractivity contribution in [2.45, 2.75) is 33.2 Å². The third-order valence-electron chi connectivity index (χ3n) is 3.30. The lowest BCUT2D eigenvalue weighted by Gasteiger charge is -2.19. The lowest BCUT2D eigenvalue weighted by molar-refractivity contribution is -0.165. The molecule has 2 rings (SSSR count). The Morgan fingerprint density at radius 1 is 1.32 bits per heavy atom. The van der Waals surface area contributed by atoms with Crippen molar-refractivity contribution < 1.29 is 19.5 Å². The van der Waals surface area contributed by atoms with Gasteiger partial charge in [0, 0.05) is 23.5 Å². The Morgan fingerprint density at radius 2 is 2.00 bits per heavy atom. The van der Waals surface area contributed by atoms with Gasteiger partial charge in [0.25, 0.3) is 0 Å². The van der Waals surface area contributed by atoms with E-state index in [1.165, 1.54) is 0 Å². The fourth-order valence-corrected chi connectivity index (χ4v) is 1.98. The van der Waals surface area contributed by atoms with Crippen LogP contribution in [-0.4, -0.2) is 28.1 Å². The van der Waals surface area contributed by atoms with Crippen LogP contribution in [0.5, 0.6) is 0 Å². The summed E-state index contributed by atoms with van der Waals surface area (Å²) in [6.07, 6.45) is 1.98. The first-order valence-corrected chi connectivity index (χ1v) is 7.03. The van der Waals surface area contributed by atoms with Gasteiger partial charge in [0.15, 0.2) is 0 Å². The number of carbonyl (C=O) groups is 2. The van der Waals surface area contributed by atoms with E-state index >= 15 is 0 Å². The highest BCUT2D eigenvalue weighted by Crippen LogP contribution is 2.19. The third kappa shape index (κ3) is 3.65. The summed E-state index contributed by atoms with van der Waals surface area (Å²) in [5, 5.41) is 10.3. The number of hydroxylamine groups is 1. The zero-order valence-corrected chi connectivity index (χ0v) is 12.8. The largest absolute Gasteiger partial charge is 0.480 e. The summed E-state index contributed by atoms with van der Waals surface area (Å²) in [6, 6.07) is 6.62. The Bertz CT molecular complexity index is 685. The molecule has 22 heavy (non-hydrogen) atoms. The van der Waals surface area contributed by atoms with Gasteiger partial charge < -0.3 is 14.9 Å². The molecule has 2 aromatic rings. The maximum Gasteiger partial charge on any atom is 0.330 e. The van der Waals surface area contributed by atoms with Crippen molar-refractivity contribution in [3.63, 3.8) is 0 Å². The van der Waals surface area contributed by atoms with Crippen LogP contribution < -0.4 is 5.48 Å². The quantitative estimate of drug-likeness (QED) is 0.737. The van der Waals surface area contributed by atoms with Gasteiger partial charge in [0.05, 0.1) is 5.41 Å². The van der Waals surface area contributed by atoms with E-state index < -0.39 is 23.4 Å². The normalized spacial score (nSPS) is 13.0. The zero-order valence-electron chi connectivity index (χ0n) is 12.8. The van der Waals surface area contributed by atoms with Crippen LogP contribution in [0.2, 0.25) is 0 Å². The first-order chi connectivity index (χ1) is 10.3. The minimum Gasteiger partial charge on any atom is -0.480 e. The lowest BCUT2D eigenvalue weighted by Crippen LogP contribution is -2.42. The molecule has 0 fully saturated rings. The second-order valence-electron chi connectivity index (χ2n) is 6.21. The Morgan fingerprint density at radius 3 is 2.64 bits per heavy atom. The summed E-state index contributed by atoms with van der Waals surface area (Å²) >= 11 is 0. The second kappa shape index (κ2) is 6.19. The molecule has 0 saturated heterocycles. The molecular weight excluding hydrogens is 284 g/mol. The average molecular weight is 304 g/mol. The molecule has 0 radical (unpaired) electrons. The van der Waals surface area contributed by atoms with Gasteiger partial charge in [-0.2, -0.15) is 0 Å². The number of aromatic nitrogens is 1. The predicted octanol–water partition coefficient (Wildman–Crippen LogP) is 2.26. The second-order valence-corrected chi connectivity index (χ2v) is 6.21. The van der Waals surface area contributed by atoms with Crippen LogP contribution in [0.15, 0.2) is 30.5 Å². The van der Waals surface area contributed by atoms with E-state index in [0.717, 1.165) is 16.5 Å². The smallest absolute Gasteiger partial charge is 0.330 e. The number of fused-ring (bicyclic) bond motifs is 1. The number of nitrogens with one attached hydrogen (secondary N) is 2.